The molecule has 0 aliphatic carbocycles. The molecule has 0 saturated carbocycles. The van der Waals surface area contributed by atoms with Crippen LogP contribution in [0.25, 0.3) is 0 Å². The molecule has 0 saturated heterocycles. The molecule has 1 N–H and O–H groups in total. The van der Waals surface area contributed by atoms with Gasteiger partial charge in [0.1, 0.15) is 12.7 Å². The van der Waals surface area contributed by atoms with Gasteiger partial charge in [-0.3, -0.25) is 4.79 Å². The number of carbonyl (C=O) groups excluding carboxylic acids is 1. The van der Waals surface area contributed by atoms with Crippen LogP contribution in [0.5, 0.6) is 0 Å². The molecule has 0 spiro atoms. The predicted octanol–water partition coefficient (Wildman–Crippen LogP) is 5.36. The van der Waals surface area contributed by atoms with E-state index in [1.807, 2.05) is 13.8 Å². The maximum absolute atomic E-state index is 12.8. The predicted molar refractivity (Wildman–Crippen MR) is 121 cm³/mol. The summed E-state index contributed by atoms with van der Waals surface area (Å²) < 4.78 is 5.50. The van der Waals surface area contributed by atoms with Crippen LogP contribution in [0.1, 0.15) is 90.7 Å². The van der Waals surface area contributed by atoms with E-state index in [0.717, 1.165) is 32.4 Å². The molecule has 1 aromatic rings. The Morgan fingerprint density at radius 3 is 2.28 bits per heavy atom. The molecule has 29 heavy (non-hydrogen) atoms. The second-order valence-corrected chi connectivity index (χ2v) is 8.91. The number of hydrogen-bond donors (Lipinski definition) is 1. The molecule has 166 valence electrons. The Labute approximate surface area is 178 Å². The number of nitrogens with zero attached hydrogens (tertiary/aromatic N) is 1. The summed E-state index contributed by atoms with van der Waals surface area (Å²) in [6.07, 6.45) is 2.18. The average Bonchev–Trinajstić information content (AvgIpc) is 2.73. The van der Waals surface area contributed by atoms with Gasteiger partial charge >= 0.3 is 5.97 Å². The largest absolute Gasteiger partial charge is 0.462 e. The monoisotopic (exact) mass is 405 g/mol. The third-order valence-corrected chi connectivity index (χ3v) is 6.14. The zero-order valence-electron chi connectivity index (χ0n) is 19.7. The number of hydrogen-bond acceptors (Lipinski definition) is 4. The Balaban J connectivity index is 2.74. The molecule has 4 nitrogen and oxygen atoms in total. The normalized spacial score (nSPS) is 15.2. The van der Waals surface area contributed by atoms with E-state index < -0.39 is 11.5 Å². The van der Waals surface area contributed by atoms with Crippen LogP contribution in [0.4, 0.5) is 0 Å². The first kappa shape index (κ1) is 25.6. The Hall–Kier alpha value is -1.39. The maximum atomic E-state index is 12.8. The zero-order valence-corrected chi connectivity index (χ0v) is 19.7. The van der Waals surface area contributed by atoms with Gasteiger partial charge in [-0.05, 0) is 69.2 Å². The van der Waals surface area contributed by atoms with Crippen LogP contribution in [0.15, 0.2) is 24.3 Å². The fourth-order valence-electron chi connectivity index (χ4n) is 3.75. The topological polar surface area (TPSA) is 49.8 Å². The molecule has 0 aliphatic heterocycles. The highest BCUT2D eigenvalue weighted by molar-refractivity contribution is 5.76. The van der Waals surface area contributed by atoms with E-state index in [4.69, 9.17) is 4.74 Å². The first-order valence-corrected chi connectivity index (χ1v) is 11.4. The summed E-state index contributed by atoms with van der Waals surface area (Å²) in [4.78, 5) is 14.9. The van der Waals surface area contributed by atoms with Crippen molar-refractivity contribution in [3.8, 4) is 0 Å². The first-order valence-electron chi connectivity index (χ1n) is 11.4. The molecule has 0 radical (unpaired) electrons. The number of carbonyl (C=O) groups is 1. The third kappa shape index (κ3) is 8.10. The summed E-state index contributed by atoms with van der Waals surface area (Å²) in [5.41, 5.74) is 2.07. The van der Waals surface area contributed by atoms with E-state index >= 15 is 0 Å². The molecule has 1 aromatic carbocycles. The van der Waals surface area contributed by atoms with Gasteiger partial charge in [0.2, 0.25) is 0 Å². The van der Waals surface area contributed by atoms with Gasteiger partial charge in [0.25, 0.3) is 0 Å². The quantitative estimate of drug-likeness (QED) is 0.449. The van der Waals surface area contributed by atoms with Gasteiger partial charge in [-0.2, -0.15) is 0 Å². The molecule has 4 heteroatoms. The molecule has 0 aromatic heterocycles. The number of rotatable bonds is 13. The molecule has 0 heterocycles. The van der Waals surface area contributed by atoms with Crippen LogP contribution in [0, 0.1) is 5.41 Å². The highest BCUT2D eigenvalue weighted by Gasteiger charge is 2.33. The number of esters is 1. The van der Waals surface area contributed by atoms with Crippen molar-refractivity contribution >= 4 is 5.97 Å². The van der Waals surface area contributed by atoms with Crippen molar-refractivity contribution in [3.63, 3.8) is 0 Å². The third-order valence-electron chi connectivity index (χ3n) is 6.14. The fraction of sp³-hybridized carbons (Fsp3) is 0.720. The average molecular weight is 406 g/mol. The second-order valence-electron chi connectivity index (χ2n) is 8.91. The number of ether oxygens (including phenoxy) is 1. The van der Waals surface area contributed by atoms with E-state index in [0.29, 0.717) is 18.4 Å². The minimum atomic E-state index is -0.649. The van der Waals surface area contributed by atoms with Crippen molar-refractivity contribution in [2.45, 2.75) is 85.7 Å². The molecule has 0 aliphatic rings. The Morgan fingerprint density at radius 1 is 1.10 bits per heavy atom. The highest BCUT2D eigenvalue weighted by Crippen LogP contribution is 2.36. The lowest BCUT2D eigenvalue weighted by atomic mass is 9.78. The Kier molecular flexibility index (Phi) is 10.9. The molecule has 0 amide bonds. The minimum Gasteiger partial charge on any atom is -0.462 e. The number of aliphatic hydroxyl groups is 1. The number of likely N-dealkylation sites (N-methyl/N-ethyl adjacent to an activating group) is 1. The van der Waals surface area contributed by atoms with Crippen molar-refractivity contribution in [1.82, 2.24) is 4.90 Å². The molecule has 3 unspecified atom stereocenters. The van der Waals surface area contributed by atoms with Crippen LogP contribution >= 0.6 is 0 Å². The van der Waals surface area contributed by atoms with Crippen molar-refractivity contribution in [2.75, 3.05) is 26.2 Å². The summed E-state index contributed by atoms with van der Waals surface area (Å²) in [5, 5.41) is 10.2. The van der Waals surface area contributed by atoms with Crippen LogP contribution in [-0.4, -0.2) is 48.3 Å². The van der Waals surface area contributed by atoms with Crippen molar-refractivity contribution in [2.24, 2.45) is 5.41 Å². The molecule has 0 fully saturated rings. The summed E-state index contributed by atoms with van der Waals surface area (Å²) >= 11 is 0. The van der Waals surface area contributed by atoms with Gasteiger partial charge in [0.05, 0.1) is 5.41 Å². The van der Waals surface area contributed by atoms with E-state index in [2.05, 4.69) is 63.8 Å². The maximum Gasteiger partial charge on any atom is 0.311 e. The number of benzene rings is 1. The summed E-state index contributed by atoms with van der Waals surface area (Å²) in [6, 6.07) is 8.81. The van der Waals surface area contributed by atoms with Crippen molar-refractivity contribution in [3.05, 3.63) is 35.4 Å². The molecular weight excluding hydrogens is 362 g/mol. The Bertz CT molecular complexity index is 610. The summed E-state index contributed by atoms with van der Waals surface area (Å²) in [5.74, 6) is 0.618. The van der Waals surface area contributed by atoms with Gasteiger partial charge in [-0.1, -0.05) is 58.9 Å². The minimum absolute atomic E-state index is 0.0546. The standard InChI is InChI=1S/C25H43NO3/c1-8-19(5)21-13-12-14-22(15-21)20(9-2)16-25(6,7)24(28)29-18-23(27)17-26(10-3)11-4/h12-15,19-20,23,27H,8-11,16-18H2,1-7H3. The lowest BCUT2D eigenvalue weighted by molar-refractivity contribution is -0.158. The van der Waals surface area contributed by atoms with Crippen LogP contribution in [0.3, 0.4) is 0 Å². The molecule has 0 bridgehead atoms. The lowest BCUT2D eigenvalue weighted by Gasteiger charge is -2.29. The van der Waals surface area contributed by atoms with Crippen LogP contribution < -0.4 is 0 Å². The van der Waals surface area contributed by atoms with Crippen molar-refractivity contribution in [1.29, 1.82) is 0 Å². The lowest BCUT2D eigenvalue weighted by Crippen LogP contribution is -2.37. The van der Waals surface area contributed by atoms with Crippen LogP contribution in [-0.2, 0) is 9.53 Å². The van der Waals surface area contributed by atoms with Crippen LogP contribution in [0.2, 0.25) is 0 Å². The zero-order chi connectivity index (χ0) is 22.0. The molecular formula is C25H43NO3. The van der Waals surface area contributed by atoms with E-state index in [9.17, 15) is 9.90 Å². The summed E-state index contributed by atoms with van der Waals surface area (Å²) in [6.45, 7) is 17.0. The van der Waals surface area contributed by atoms with Gasteiger partial charge in [0, 0.05) is 6.54 Å². The van der Waals surface area contributed by atoms with E-state index in [1.165, 1.54) is 11.1 Å². The Morgan fingerprint density at radius 2 is 1.72 bits per heavy atom. The number of aliphatic hydroxyl groups excluding tert-OH is 1. The smallest absolute Gasteiger partial charge is 0.311 e. The highest BCUT2D eigenvalue weighted by atomic mass is 16.5. The van der Waals surface area contributed by atoms with Gasteiger partial charge in [-0.15, -0.1) is 0 Å². The summed E-state index contributed by atoms with van der Waals surface area (Å²) in [7, 11) is 0. The SMILES string of the molecule is CCC(C)c1cccc(C(CC)CC(C)(C)C(=O)OCC(O)CN(CC)CC)c1. The van der Waals surface area contributed by atoms with Gasteiger partial charge in [0.15, 0.2) is 0 Å². The van der Waals surface area contributed by atoms with Gasteiger partial charge in [-0.25, -0.2) is 0 Å². The second kappa shape index (κ2) is 12.3. The fourth-order valence-corrected chi connectivity index (χ4v) is 3.75. The molecule has 3 atom stereocenters. The van der Waals surface area contributed by atoms with Gasteiger partial charge < -0.3 is 14.7 Å². The van der Waals surface area contributed by atoms with E-state index in [-0.39, 0.29) is 12.6 Å². The van der Waals surface area contributed by atoms with Crippen molar-refractivity contribution < 1.29 is 14.6 Å². The van der Waals surface area contributed by atoms with E-state index in [1.54, 1.807) is 0 Å². The molecule has 1 rings (SSSR count). The first-order chi connectivity index (χ1) is 13.7.